The highest BCUT2D eigenvalue weighted by Gasteiger charge is 2.34. The van der Waals surface area contributed by atoms with E-state index < -0.39 is 5.97 Å². The standard InChI is InChI=1S/C20H19ClN2O5/c1-27-20(26)17-12-23(9-10-24)19(25)18(17)22-14-5-7-15(8-6-14)28-16-4-2-3-13(21)11-16/h2-8,11,22,24H,9-10,12H2,1H3. The highest BCUT2D eigenvalue weighted by molar-refractivity contribution is 6.30. The van der Waals surface area contributed by atoms with Gasteiger partial charge < -0.3 is 24.8 Å². The second kappa shape index (κ2) is 8.77. The third kappa shape index (κ3) is 4.44. The van der Waals surface area contributed by atoms with Crippen molar-refractivity contribution in [2.75, 3.05) is 32.1 Å². The number of rotatable bonds is 7. The molecular formula is C20H19ClN2O5. The number of aliphatic hydroxyl groups excluding tert-OH is 1. The lowest BCUT2D eigenvalue weighted by molar-refractivity contribution is -0.136. The van der Waals surface area contributed by atoms with Gasteiger partial charge >= 0.3 is 5.97 Å². The molecule has 8 heteroatoms. The maximum Gasteiger partial charge on any atom is 0.337 e. The summed E-state index contributed by atoms with van der Waals surface area (Å²) in [5.74, 6) is 0.245. The predicted octanol–water partition coefficient (Wildman–Crippen LogP) is 2.81. The number of carbonyl (C=O) groups excluding carboxylic acids is 2. The number of esters is 1. The van der Waals surface area contributed by atoms with E-state index in [-0.39, 0.29) is 36.9 Å². The van der Waals surface area contributed by atoms with Gasteiger partial charge in [-0.25, -0.2) is 4.79 Å². The summed E-state index contributed by atoms with van der Waals surface area (Å²) in [6.07, 6.45) is 0. The summed E-state index contributed by atoms with van der Waals surface area (Å²) in [6, 6.07) is 13.9. The third-order valence-electron chi connectivity index (χ3n) is 4.11. The van der Waals surface area contributed by atoms with Crippen molar-refractivity contribution < 1.29 is 24.2 Å². The van der Waals surface area contributed by atoms with Crippen LogP contribution < -0.4 is 10.1 Å². The topological polar surface area (TPSA) is 88.1 Å². The summed E-state index contributed by atoms with van der Waals surface area (Å²) in [6.45, 7) is 0.0320. The highest BCUT2D eigenvalue weighted by Crippen LogP contribution is 2.27. The molecule has 1 heterocycles. The van der Waals surface area contributed by atoms with Crippen LogP contribution in [-0.4, -0.2) is 48.7 Å². The normalized spacial score (nSPS) is 13.7. The van der Waals surface area contributed by atoms with Gasteiger partial charge in [0.25, 0.3) is 5.91 Å². The number of hydrogen-bond acceptors (Lipinski definition) is 6. The minimum Gasteiger partial charge on any atom is -0.466 e. The fourth-order valence-electron chi connectivity index (χ4n) is 2.77. The van der Waals surface area contributed by atoms with Crippen LogP contribution in [0.3, 0.4) is 0 Å². The van der Waals surface area contributed by atoms with Gasteiger partial charge in [-0.1, -0.05) is 17.7 Å². The lowest BCUT2D eigenvalue weighted by Crippen LogP contribution is -2.31. The zero-order valence-corrected chi connectivity index (χ0v) is 15.9. The zero-order chi connectivity index (χ0) is 20.1. The SMILES string of the molecule is COC(=O)C1=C(Nc2ccc(Oc3cccc(Cl)c3)cc2)C(=O)N(CCO)C1. The molecule has 2 N–H and O–H groups in total. The molecule has 2 aromatic carbocycles. The Morgan fingerprint density at radius 1 is 1.21 bits per heavy atom. The van der Waals surface area contributed by atoms with E-state index in [2.05, 4.69) is 5.32 Å². The van der Waals surface area contributed by atoms with E-state index in [1.165, 1.54) is 12.0 Å². The molecule has 0 saturated carbocycles. The molecule has 0 atom stereocenters. The van der Waals surface area contributed by atoms with Gasteiger partial charge in [0, 0.05) is 17.3 Å². The van der Waals surface area contributed by atoms with Crippen LogP contribution in [0.5, 0.6) is 11.5 Å². The Labute approximate surface area is 167 Å². The van der Waals surface area contributed by atoms with Gasteiger partial charge in [-0.3, -0.25) is 4.79 Å². The van der Waals surface area contributed by atoms with E-state index in [0.717, 1.165) is 0 Å². The molecule has 0 fully saturated rings. The van der Waals surface area contributed by atoms with Gasteiger partial charge in [0.2, 0.25) is 0 Å². The lowest BCUT2D eigenvalue weighted by atomic mass is 10.2. The van der Waals surface area contributed by atoms with Crippen LogP contribution in [-0.2, 0) is 14.3 Å². The van der Waals surface area contributed by atoms with Crippen molar-refractivity contribution in [2.24, 2.45) is 0 Å². The number of amides is 1. The van der Waals surface area contributed by atoms with Crippen molar-refractivity contribution in [1.82, 2.24) is 4.90 Å². The number of hydrogen-bond donors (Lipinski definition) is 2. The van der Waals surface area contributed by atoms with Crippen LogP contribution in [0.2, 0.25) is 5.02 Å². The second-order valence-corrected chi connectivity index (χ2v) is 6.44. The van der Waals surface area contributed by atoms with Gasteiger partial charge in [0.1, 0.15) is 17.2 Å². The molecule has 3 rings (SSSR count). The van der Waals surface area contributed by atoms with Crippen molar-refractivity contribution in [3.8, 4) is 11.5 Å². The summed E-state index contributed by atoms with van der Waals surface area (Å²) in [4.78, 5) is 25.9. The Balaban J connectivity index is 1.76. The molecule has 1 aliphatic rings. The Morgan fingerprint density at radius 2 is 1.96 bits per heavy atom. The minimum atomic E-state index is -0.586. The Kier molecular flexibility index (Phi) is 6.18. The number of ether oxygens (including phenoxy) is 2. The molecule has 0 unspecified atom stereocenters. The number of benzene rings is 2. The lowest BCUT2D eigenvalue weighted by Gasteiger charge is -2.15. The summed E-state index contributed by atoms with van der Waals surface area (Å²) < 4.78 is 10.5. The molecule has 146 valence electrons. The maximum absolute atomic E-state index is 12.5. The quantitative estimate of drug-likeness (QED) is 0.692. The number of β-amino-alcohol motifs (C(OH)–C–C–N with tert-alkyl or cyclic N) is 1. The first-order valence-corrected chi connectivity index (χ1v) is 8.91. The van der Waals surface area contributed by atoms with Crippen LogP contribution in [0.25, 0.3) is 0 Å². The van der Waals surface area contributed by atoms with Crippen molar-refractivity contribution in [3.05, 3.63) is 64.8 Å². The number of aliphatic hydroxyl groups is 1. The number of nitrogens with one attached hydrogen (secondary N) is 1. The maximum atomic E-state index is 12.5. The summed E-state index contributed by atoms with van der Waals surface area (Å²) in [7, 11) is 1.26. The molecule has 1 amide bonds. The molecule has 0 bridgehead atoms. The summed E-state index contributed by atoms with van der Waals surface area (Å²) in [5.41, 5.74) is 0.970. The van der Waals surface area contributed by atoms with Crippen molar-refractivity contribution >= 4 is 29.2 Å². The smallest absolute Gasteiger partial charge is 0.337 e. The van der Waals surface area contributed by atoms with E-state index in [9.17, 15) is 9.59 Å². The van der Waals surface area contributed by atoms with Gasteiger partial charge in [-0.05, 0) is 42.5 Å². The molecule has 0 saturated heterocycles. The average molecular weight is 403 g/mol. The first kappa shape index (κ1) is 19.7. The van der Waals surface area contributed by atoms with Gasteiger partial charge in [0.15, 0.2) is 0 Å². The summed E-state index contributed by atoms with van der Waals surface area (Å²) in [5, 5.41) is 12.6. The Morgan fingerprint density at radius 3 is 2.61 bits per heavy atom. The fourth-order valence-corrected chi connectivity index (χ4v) is 2.95. The number of methoxy groups -OCH3 is 1. The molecule has 2 aromatic rings. The zero-order valence-electron chi connectivity index (χ0n) is 15.1. The van der Waals surface area contributed by atoms with E-state index in [1.54, 1.807) is 48.5 Å². The highest BCUT2D eigenvalue weighted by atomic mass is 35.5. The van der Waals surface area contributed by atoms with E-state index in [0.29, 0.717) is 22.2 Å². The molecule has 0 spiro atoms. The average Bonchev–Trinajstić information content (AvgIpc) is 2.99. The first-order chi connectivity index (χ1) is 13.5. The van der Waals surface area contributed by atoms with Crippen LogP contribution in [0.1, 0.15) is 0 Å². The van der Waals surface area contributed by atoms with Crippen LogP contribution in [0, 0.1) is 0 Å². The number of halogens is 1. The number of carbonyl (C=O) groups is 2. The molecule has 28 heavy (non-hydrogen) atoms. The van der Waals surface area contributed by atoms with Crippen molar-refractivity contribution in [3.63, 3.8) is 0 Å². The Hall–Kier alpha value is -3.03. The van der Waals surface area contributed by atoms with Gasteiger partial charge in [-0.2, -0.15) is 0 Å². The van der Waals surface area contributed by atoms with Gasteiger partial charge in [0.05, 0.1) is 25.8 Å². The van der Waals surface area contributed by atoms with Crippen LogP contribution >= 0.6 is 11.6 Å². The Bertz CT molecular complexity index is 911. The van der Waals surface area contributed by atoms with E-state index in [1.807, 2.05) is 0 Å². The monoisotopic (exact) mass is 402 g/mol. The van der Waals surface area contributed by atoms with Crippen molar-refractivity contribution in [1.29, 1.82) is 0 Å². The largest absolute Gasteiger partial charge is 0.466 e. The predicted molar refractivity (Wildman–Crippen MR) is 104 cm³/mol. The minimum absolute atomic E-state index is 0.0877. The second-order valence-electron chi connectivity index (χ2n) is 6.00. The number of anilines is 1. The molecule has 0 aromatic heterocycles. The van der Waals surface area contributed by atoms with Gasteiger partial charge in [-0.15, -0.1) is 0 Å². The van der Waals surface area contributed by atoms with Crippen LogP contribution in [0.4, 0.5) is 5.69 Å². The molecule has 7 nitrogen and oxygen atoms in total. The fraction of sp³-hybridized carbons (Fsp3) is 0.200. The van der Waals surface area contributed by atoms with E-state index >= 15 is 0 Å². The third-order valence-corrected chi connectivity index (χ3v) is 4.34. The first-order valence-electron chi connectivity index (χ1n) is 8.54. The molecule has 0 radical (unpaired) electrons. The van der Waals surface area contributed by atoms with Crippen LogP contribution in [0.15, 0.2) is 59.8 Å². The van der Waals surface area contributed by atoms with E-state index in [4.69, 9.17) is 26.2 Å². The summed E-state index contributed by atoms with van der Waals surface area (Å²) >= 11 is 5.95. The number of nitrogens with zero attached hydrogens (tertiary/aromatic N) is 1. The van der Waals surface area contributed by atoms with Crippen molar-refractivity contribution in [2.45, 2.75) is 0 Å². The molecule has 1 aliphatic heterocycles. The molecule has 0 aliphatic carbocycles. The molecular weight excluding hydrogens is 384 g/mol.